The molecule has 100 valence electrons. The van der Waals surface area contributed by atoms with Crippen LogP contribution in [-0.4, -0.2) is 16.3 Å². The van der Waals surface area contributed by atoms with Crippen LogP contribution in [0.15, 0.2) is 30.3 Å². The Kier molecular flexibility index (Phi) is 2.93. The molecule has 2 heterocycles. The van der Waals surface area contributed by atoms with Gasteiger partial charge in [0.25, 0.3) is 0 Å². The molecule has 1 atom stereocenters. The van der Waals surface area contributed by atoms with Crippen molar-refractivity contribution in [2.24, 2.45) is 0 Å². The maximum Gasteiger partial charge on any atom is 0.125 e. The second-order valence-electron chi connectivity index (χ2n) is 5.45. The Bertz CT molecular complexity index is 568. The van der Waals surface area contributed by atoms with E-state index in [-0.39, 0.29) is 0 Å². The van der Waals surface area contributed by atoms with Crippen molar-refractivity contribution in [3.05, 3.63) is 41.6 Å². The van der Waals surface area contributed by atoms with Crippen LogP contribution in [0.3, 0.4) is 0 Å². The Balaban J connectivity index is 1.99. The maximum atomic E-state index is 5.76. The lowest BCUT2D eigenvalue weighted by Crippen LogP contribution is -2.24. The summed E-state index contributed by atoms with van der Waals surface area (Å²) in [5, 5.41) is 8.18. The van der Waals surface area contributed by atoms with E-state index in [1.165, 1.54) is 5.56 Å². The third-order valence-electron chi connectivity index (χ3n) is 3.69. The number of nitrogens with one attached hydrogen (secondary N) is 1. The topological polar surface area (TPSA) is 55.9 Å². The first-order valence-corrected chi connectivity index (χ1v) is 6.84. The first kappa shape index (κ1) is 12.1. The smallest absolute Gasteiger partial charge is 0.125 e. The van der Waals surface area contributed by atoms with Crippen LogP contribution in [0.4, 0.5) is 11.5 Å². The third-order valence-corrected chi connectivity index (χ3v) is 3.69. The van der Waals surface area contributed by atoms with Gasteiger partial charge in [0.2, 0.25) is 0 Å². The second kappa shape index (κ2) is 4.61. The number of aromatic nitrogens is 2. The van der Waals surface area contributed by atoms with Crippen LogP contribution in [0.5, 0.6) is 0 Å². The monoisotopic (exact) mass is 256 g/mol. The molecule has 0 fully saturated rings. The van der Waals surface area contributed by atoms with E-state index in [9.17, 15) is 0 Å². The van der Waals surface area contributed by atoms with Crippen molar-refractivity contribution in [3.8, 4) is 0 Å². The van der Waals surface area contributed by atoms with Gasteiger partial charge >= 0.3 is 0 Å². The van der Waals surface area contributed by atoms with Crippen molar-refractivity contribution in [2.75, 3.05) is 17.6 Å². The van der Waals surface area contributed by atoms with Crippen LogP contribution < -0.4 is 11.1 Å². The molecule has 2 aromatic rings. The van der Waals surface area contributed by atoms with E-state index in [2.05, 4.69) is 42.0 Å². The lowest BCUT2D eigenvalue weighted by molar-refractivity contribution is 0.476. The first-order valence-electron chi connectivity index (χ1n) is 6.84. The summed E-state index contributed by atoms with van der Waals surface area (Å²) in [4.78, 5) is 0. The highest BCUT2D eigenvalue weighted by Gasteiger charge is 2.23. The minimum atomic E-state index is 0.310. The Morgan fingerprint density at radius 3 is 2.74 bits per heavy atom. The highest BCUT2D eigenvalue weighted by molar-refractivity contribution is 5.44. The summed E-state index contributed by atoms with van der Waals surface area (Å²) >= 11 is 0. The fourth-order valence-corrected chi connectivity index (χ4v) is 2.55. The van der Waals surface area contributed by atoms with Gasteiger partial charge in [-0.1, -0.05) is 26.0 Å². The zero-order valence-electron chi connectivity index (χ0n) is 11.4. The molecule has 3 N–H and O–H groups in total. The van der Waals surface area contributed by atoms with Gasteiger partial charge in [0.1, 0.15) is 5.82 Å². The highest BCUT2D eigenvalue weighted by Crippen LogP contribution is 2.31. The average molecular weight is 256 g/mol. The summed E-state index contributed by atoms with van der Waals surface area (Å²) in [7, 11) is 0. The number of hydrogen-bond donors (Lipinski definition) is 2. The lowest BCUT2D eigenvalue weighted by atomic mass is 10.0. The maximum absolute atomic E-state index is 5.76. The SMILES string of the molecule is CC(C)c1cc2n(n1)C(c1ccc(N)cc1)CCN2. The van der Waals surface area contributed by atoms with E-state index >= 15 is 0 Å². The molecule has 0 amide bonds. The molecule has 0 aliphatic carbocycles. The van der Waals surface area contributed by atoms with Crippen LogP contribution in [0.1, 0.15) is 43.5 Å². The molecule has 0 saturated heterocycles. The van der Waals surface area contributed by atoms with E-state index in [0.29, 0.717) is 12.0 Å². The van der Waals surface area contributed by atoms with E-state index in [0.717, 1.165) is 30.2 Å². The molecule has 0 saturated carbocycles. The summed E-state index contributed by atoms with van der Waals surface area (Å²) in [6.45, 7) is 5.33. The predicted molar refractivity (Wildman–Crippen MR) is 78.4 cm³/mol. The summed E-state index contributed by atoms with van der Waals surface area (Å²) in [6.07, 6.45) is 1.05. The van der Waals surface area contributed by atoms with E-state index in [1.807, 2.05) is 12.1 Å². The van der Waals surface area contributed by atoms with Crippen LogP contribution in [0.2, 0.25) is 0 Å². The molecule has 1 aromatic heterocycles. The van der Waals surface area contributed by atoms with Crippen molar-refractivity contribution in [1.82, 2.24) is 9.78 Å². The Hall–Kier alpha value is -1.97. The average Bonchev–Trinajstić information content (AvgIpc) is 2.83. The fraction of sp³-hybridized carbons (Fsp3) is 0.400. The molecular formula is C15H20N4. The number of nitrogens with two attached hydrogens (primary N) is 1. The summed E-state index contributed by atoms with van der Waals surface area (Å²) in [5.41, 5.74) is 8.98. The van der Waals surface area contributed by atoms with Gasteiger partial charge in [0.05, 0.1) is 11.7 Å². The minimum absolute atomic E-state index is 0.310. The normalized spacial score (nSPS) is 18.2. The highest BCUT2D eigenvalue weighted by atomic mass is 15.4. The molecule has 0 radical (unpaired) electrons. The summed E-state index contributed by atoms with van der Waals surface area (Å²) < 4.78 is 2.12. The zero-order valence-corrected chi connectivity index (χ0v) is 11.4. The van der Waals surface area contributed by atoms with Crippen molar-refractivity contribution in [3.63, 3.8) is 0 Å². The fourth-order valence-electron chi connectivity index (χ4n) is 2.55. The number of rotatable bonds is 2. The van der Waals surface area contributed by atoms with Gasteiger partial charge < -0.3 is 11.1 Å². The van der Waals surface area contributed by atoms with E-state index in [4.69, 9.17) is 10.8 Å². The van der Waals surface area contributed by atoms with E-state index in [1.54, 1.807) is 0 Å². The van der Waals surface area contributed by atoms with Gasteiger partial charge in [-0.15, -0.1) is 0 Å². The number of benzene rings is 1. The standard InChI is InChI=1S/C15H20N4/c1-10(2)13-9-15-17-8-7-14(19(15)18-13)11-3-5-12(16)6-4-11/h3-6,9-10,14,17H,7-8,16H2,1-2H3. The molecule has 1 unspecified atom stereocenters. The number of anilines is 2. The van der Waals surface area contributed by atoms with Crippen molar-refractivity contribution < 1.29 is 0 Å². The molecule has 0 bridgehead atoms. The van der Waals surface area contributed by atoms with Gasteiger partial charge in [-0.3, -0.25) is 0 Å². The van der Waals surface area contributed by atoms with Crippen molar-refractivity contribution in [2.45, 2.75) is 32.2 Å². The van der Waals surface area contributed by atoms with Crippen molar-refractivity contribution >= 4 is 11.5 Å². The number of hydrogen-bond acceptors (Lipinski definition) is 3. The van der Waals surface area contributed by atoms with Crippen molar-refractivity contribution in [1.29, 1.82) is 0 Å². The van der Waals surface area contributed by atoms with Gasteiger partial charge in [-0.2, -0.15) is 5.10 Å². The molecule has 1 aromatic carbocycles. The molecule has 4 heteroatoms. The molecule has 4 nitrogen and oxygen atoms in total. The van der Waals surface area contributed by atoms with Crippen LogP contribution >= 0.6 is 0 Å². The zero-order chi connectivity index (χ0) is 13.4. The minimum Gasteiger partial charge on any atom is -0.399 e. The van der Waals surface area contributed by atoms with Gasteiger partial charge in [-0.25, -0.2) is 4.68 Å². The number of fused-ring (bicyclic) bond motifs is 1. The number of nitrogens with zero attached hydrogens (tertiary/aromatic N) is 2. The molecular weight excluding hydrogens is 236 g/mol. The molecule has 19 heavy (non-hydrogen) atoms. The first-order chi connectivity index (χ1) is 9.15. The summed E-state index contributed by atoms with van der Waals surface area (Å²) in [5.74, 6) is 1.57. The molecule has 1 aliphatic rings. The number of nitrogen functional groups attached to an aromatic ring is 1. The van der Waals surface area contributed by atoms with Gasteiger partial charge in [0, 0.05) is 18.3 Å². The van der Waals surface area contributed by atoms with Crippen LogP contribution in [0, 0.1) is 0 Å². The molecule has 3 rings (SSSR count). The third kappa shape index (κ3) is 2.18. The Morgan fingerprint density at radius 2 is 2.05 bits per heavy atom. The molecule has 0 spiro atoms. The summed E-state index contributed by atoms with van der Waals surface area (Å²) in [6, 6.07) is 10.6. The van der Waals surface area contributed by atoms with Crippen LogP contribution in [0.25, 0.3) is 0 Å². The predicted octanol–water partition coefficient (Wildman–Crippen LogP) is 2.99. The second-order valence-corrected chi connectivity index (χ2v) is 5.45. The Labute approximate surface area is 113 Å². The molecule has 1 aliphatic heterocycles. The quantitative estimate of drug-likeness (QED) is 0.812. The van der Waals surface area contributed by atoms with Gasteiger partial charge in [-0.05, 0) is 30.0 Å². The van der Waals surface area contributed by atoms with Gasteiger partial charge in [0.15, 0.2) is 0 Å². The lowest BCUT2D eigenvalue weighted by Gasteiger charge is -2.26. The Morgan fingerprint density at radius 1 is 1.32 bits per heavy atom. The van der Waals surface area contributed by atoms with E-state index < -0.39 is 0 Å². The van der Waals surface area contributed by atoms with Crippen LogP contribution in [-0.2, 0) is 0 Å². The largest absolute Gasteiger partial charge is 0.399 e.